The van der Waals surface area contributed by atoms with E-state index in [0.29, 0.717) is 23.6 Å². The number of ether oxygens (including phenoxy) is 1. The lowest BCUT2D eigenvalue weighted by Gasteiger charge is -2.33. The van der Waals surface area contributed by atoms with Gasteiger partial charge in [-0.25, -0.2) is 13.8 Å². The molecule has 4 rings (SSSR count). The topological polar surface area (TPSA) is 66.0 Å². The van der Waals surface area contributed by atoms with E-state index in [4.69, 9.17) is 16.3 Å². The van der Waals surface area contributed by atoms with Gasteiger partial charge in [0.05, 0.1) is 5.56 Å². The third kappa shape index (κ3) is 6.26. The number of aromatic nitrogens is 1. The largest absolute Gasteiger partial charge is 0.366 e. The lowest BCUT2D eigenvalue weighted by molar-refractivity contribution is -0.145. The Kier molecular flexibility index (Phi) is 8.88. The van der Waals surface area contributed by atoms with E-state index in [2.05, 4.69) is 9.88 Å². The summed E-state index contributed by atoms with van der Waals surface area (Å²) in [5.41, 5.74) is 0.976. The van der Waals surface area contributed by atoms with Crippen LogP contribution in [0.2, 0.25) is 5.15 Å². The van der Waals surface area contributed by atoms with Crippen molar-refractivity contribution in [2.45, 2.75) is 37.7 Å². The highest BCUT2D eigenvalue weighted by atomic mass is 35.5. The summed E-state index contributed by atoms with van der Waals surface area (Å²) in [5, 5.41) is 0.198. The van der Waals surface area contributed by atoms with Crippen molar-refractivity contribution in [1.82, 2.24) is 14.8 Å². The molecule has 38 heavy (non-hydrogen) atoms. The van der Waals surface area contributed by atoms with Crippen molar-refractivity contribution in [2.24, 2.45) is 11.8 Å². The maximum absolute atomic E-state index is 14.7. The van der Waals surface area contributed by atoms with Crippen molar-refractivity contribution in [1.29, 1.82) is 0 Å². The number of anilines is 1. The van der Waals surface area contributed by atoms with Crippen LogP contribution in [-0.2, 0) is 9.53 Å². The summed E-state index contributed by atoms with van der Waals surface area (Å²) < 4.78 is 34.7. The first kappa shape index (κ1) is 28.2. The third-order valence-corrected chi connectivity index (χ3v) is 7.79. The van der Waals surface area contributed by atoms with Gasteiger partial charge in [-0.15, -0.1) is 0 Å². The minimum Gasteiger partial charge on any atom is -0.366 e. The van der Waals surface area contributed by atoms with Crippen molar-refractivity contribution >= 4 is 29.2 Å². The van der Waals surface area contributed by atoms with Crippen LogP contribution in [0.25, 0.3) is 0 Å². The third-order valence-electron chi connectivity index (χ3n) is 7.50. The Morgan fingerprint density at radius 1 is 1.11 bits per heavy atom. The van der Waals surface area contributed by atoms with Crippen LogP contribution in [0.5, 0.6) is 0 Å². The average molecular weight is 549 g/mol. The van der Waals surface area contributed by atoms with Gasteiger partial charge in [-0.3, -0.25) is 9.59 Å². The summed E-state index contributed by atoms with van der Waals surface area (Å²) in [5.74, 6) is -4.24. The van der Waals surface area contributed by atoms with Crippen LogP contribution < -0.4 is 4.90 Å². The number of benzene rings is 1. The molecular formula is C28H35ClF2N4O3. The number of carbonyl (C=O) groups is 2. The number of halogens is 3. The second kappa shape index (κ2) is 11.9. The zero-order valence-corrected chi connectivity index (χ0v) is 22.8. The maximum Gasteiger partial charge on any atom is 0.285 e. The van der Waals surface area contributed by atoms with Crippen LogP contribution in [0.15, 0.2) is 42.5 Å². The van der Waals surface area contributed by atoms with Crippen molar-refractivity contribution in [3.8, 4) is 0 Å². The number of carbonyl (C=O) groups excluding carboxylic acids is 2. The van der Waals surface area contributed by atoms with E-state index in [1.807, 2.05) is 6.07 Å². The summed E-state index contributed by atoms with van der Waals surface area (Å²) in [4.78, 5) is 34.8. The van der Waals surface area contributed by atoms with Gasteiger partial charge in [0.1, 0.15) is 29.6 Å². The molecule has 1 aromatic heterocycles. The Balaban J connectivity index is 1.26. The van der Waals surface area contributed by atoms with Crippen molar-refractivity contribution in [3.63, 3.8) is 0 Å². The van der Waals surface area contributed by atoms with Crippen LogP contribution >= 0.6 is 11.6 Å². The first-order valence-corrected chi connectivity index (χ1v) is 13.4. The van der Waals surface area contributed by atoms with Crippen LogP contribution in [0.3, 0.4) is 0 Å². The summed E-state index contributed by atoms with van der Waals surface area (Å²) in [6.45, 7) is 1.30. The van der Waals surface area contributed by atoms with Crippen LogP contribution in [0, 0.1) is 11.8 Å². The Morgan fingerprint density at radius 2 is 1.79 bits per heavy atom. The normalized spacial score (nSPS) is 21.4. The van der Waals surface area contributed by atoms with Gasteiger partial charge >= 0.3 is 0 Å². The standard InChI is InChI=1S/C28H35ClF2N4O3/c1-33(2)26(36)21-11-12-22(32-25(21)29)35-16-13-19(14-17-35)8-7-15-34(3)27(37)23-24(38-18-28(23,30)31)20-9-5-4-6-10-20/h4-6,9-12,19,23-24H,7-8,13-18H2,1-3H3/t23-,24+/m0/s1. The lowest BCUT2D eigenvalue weighted by atomic mass is 9.90. The van der Waals surface area contributed by atoms with Crippen LogP contribution in [0.4, 0.5) is 14.6 Å². The minimum absolute atomic E-state index is 0.184. The number of hydrogen-bond acceptors (Lipinski definition) is 5. The van der Waals surface area contributed by atoms with Gasteiger partial charge in [0.15, 0.2) is 0 Å². The zero-order valence-electron chi connectivity index (χ0n) is 22.1. The number of alkyl halides is 2. The number of hydrogen-bond donors (Lipinski definition) is 0. The first-order chi connectivity index (χ1) is 18.1. The van der Waals surface area contributed by atoms with E-state index in [1.54, 1.807) is 57.5 Å². The van der Waals surface area contributed by atoms with Gasteiger partial charge in [-0.05, 0) is 49.3 Å². The van der Waals surface area contributed by atoms with E-state index in [9.17, 15) is 18.4 Å². The van der Waals surface area contributed by atoms with E-state index in [-0.39, 0.29) is 11.1 Å². The number of rotatable bonds is 8. The molecule has 2 aliphatic rings. The molecule has 2 fully saturated rings. The highest BCUT2D eigenvalue weighted by molar-refractivity contribution is 6.32. The van der Waals surface area contributed by atoms with Crippen LogP contribution in [-0.4, -0.2) is 79.9 Å². The first-order valence-electron chi connectivity index (χ1n) is 13.0. The molecule has 2 amide bonds. The molecule has 2 atom stereocenters. The molecule has 1 aromatic carbocycles. The van der Waals surface area contributed by atoms with Gasteiger partial charge in [-0.1, -0.05) is 41.9 Å². The highest BCUT2D eigenvalue weighted by Crippen LogP contribution is 2.45. The highest BCUT2D eigenvalue weighted by Gasteiger charge is 2.56. The molecule has 0 unspecified atom stereocenters. The Bertz CT molecular complexity index is 1130. The molecule has 7 nitrogen and oxygen atoms in total. The number of amides is 2. The Labute approximate surface area is 227 Å². The van der Waals surface area contributed by atoms with E-state index < -0.39 is 30.5 Å². The molecule has 2 saturated heterocycles. The molecule has 206 valence electrons. The summed E-state index contributed by atoms with van der Waals surface area (Å²) in [6.07, 6.45) is 2.63. The number of pyridine rings is 1. The lowest BCUT2D eigenvalue weighted by Crippen LogP contribution is -2.43. The fraction of sp³-hybridized carbons (Fsp3) is 0.536. The van der Waals surface area contributed by atoms with Gasteiger partial charge in [0.25, 0.3) is 11.8 Å². The van der Waals surface area contributed by atoms with E-state index in [0.717, 1.165) is 44.6 Å². The van der Waals surface area contributed by atoms with Crippen LogP contribution in [0.1, 0.15) is 47.7 Å². The fourth-order valence-corrected chi connectivity index (χ4v) is 5.50. The predicted octanol–water partition coefficient (Wildman–Crippen LogP) is 4.91. The second-order valence-electron chi connectivity index (χ2n) is 10.4. The van der Waals surface area contributed by atoms with Gasteiger partial charge in [0, 0.05) is 40.8 Å². The molecule has 3 heterocycles. The Hall–Kier alpha value is -2.78. The molecule has 0 aliphatic carbocycles. The minimum atomic E-state index is -3.20. The zero-order chi connectivity index (χ0) is 27.4. The fourth-order valence-electron chi connectivity index (χ4n) is 5.27. The van der Waals surface area contributed by atoms with Gasteiger partial charge < -0.3 is 19.4 Å². The molecule has 0 bridgehead atoms. The monoisotopic (exact) mass is 548 g/mol. The molecule has 0 saturated carbocycles. The smallest absolute Gasteiger partial charge is 0.285 e. The van der Waals surface area contributed by atoms with E-state index in [1.165, 1.54) is 9.80 Å². The van der Waals surface area contributed by atoms with Gasteiger partial charge in [0.2, 0.25) is 5.91 Å². The molecule has 10 heteroatoms. The molecule has 0 spiro atoms. The second-order valence-corrected chi connectivity index (χ2v) is 10.8. The SMILES string of the molecule is CN(C)C(=O)c1ccc(N2CCC(CCCN(C)C(=O)[C@@H]3[C@@H](c4ccccc4)OCC3(F)F)CC2)nc1Cl. The maximum atomic E-state index is 14.7. The van der Waals surface area contributed by atoms with E-state index >= 15 is 0 Å². The molecule has 0 N–H and O–H groups in total. The van der Waals surface area contributed by atoms with Crippen molar-refractivity contribution in [3.05, 3.63) is 58.7 Å². The predicted molar refractivity (Wildman–Crippen MR) is 143 cm³/mol. The van der Waals surface area contributed by atoms with Crippen molar-refractivity contribution in [2.75, 3.05) is 52.3 Å². The van der Waals surface area contributed by atoms with Crippen molar-refractivity contribution < 1.29 is 23.1 Å². The quantitative estimate of drug-likeness (QED) is 0.438. The average Bonchev–Trinajstić information content (AvgIpc) is 3.23. The molecular weight excluding hydrogens is 514 g/mol. The summed E-state index contributed by atoms with van der Waals surface area (Å²) in [6, 6.07) is 12.3. The number of nitrogens with zero attached hydrogens (tertiary/aromatic N) is 4. The summed E-state index contributed by atoms with van der Waals surface area (Å²) >= 11 is 6.28. The Morgan fingerprint density at radius 3 is 2.42 bits per heavy atom. The van der Waals surface area contributed by atoms with Gasteiger partial charge in [-0.2, -0.15) is 0 Å². The molecule has 0 radical (unpaired) electrons. The number of piperidine rings is 1. The summed E-state index contributed by atoms with van der Waals surface area (Å²) in [7, 11) is 4.94. The molecule has 2 aromatic rings. The molecule has 2 aliphatic heterocycles.